The van der Waals surface area contributed by atoms with Crippen molar-refractivity contribution in [2.75, 3.05) is 25.4 Å². The summed E-state index contributed by atoms with van der Waals surface area (Å²) in [6.45, 7) is 10.1. The van der Waals surface area contributed by atoms with Crippen LogP contribution in [0, 0.1) is 6.92 Å². The van der Waals surface area contributed by atoms with Gasteiger partial charge in [0.15, 0.2) is 11.0 Å². The Labute approximate surface area is 146 Å². The van der Waals surface area contributed by atoms with Crippen LogP contribution in [0.1, 0.15) is 26.0 Å². The third kappa shape index (κ3) is 4.61. The van der Waals surface area contributed by atoms with E-state index in [9.17, 15) is 4.79 Å². The minimum absolute atomic E-state index is 0.193. The van der Waals surface area contributed by atoms with E-state index in [4.69, 9.17) is 10.2 Å². The van der Waals surface area contributed by atoms with Crippen LogP contribution >= 0.6 is 11.8 Å². The summed E-state index contributed by atoms with van der Waals surface area (Å²) in [5, 5.41) is 9.25. The van der Waals surface area contributed by atoms with E-state index in [0.29, 0.717) is 5.16 Å². The number of primary amides is 1. The van der Waals surface area contributed by atoms with Gasteiger partial charge >= 0.3 is 0 Å². The van der Waals surface area contributed by atoms with Gasteiger partial charge in [0.05, 0.1) is 17.6 Å². The molecule has 1 amide bonds. The Kier molecular flexibility index (Phi) is 6.86. The van der Waals surface area contributed by atoms with Crippen LogP contribution in [0.25, 0.3) is 11.4 Å². The summed E-state index contributed by atoms with van der Waals surface area (Å²) < 4.78 is 7.44. The van der Waals surface area contributed by atoms with Crippen molar-refractivity contribution in [3.8, 4) is 11.4 Å². The molecule has 24 heavy (non-hydrogen) atoms. The van der Waals surface area contributed by atoms with Crippen LogP contribution in [-0.4, -0.2) is 51.0 Å². The molecule has 0 spiro atoms. The zero-order chi connectivity index (χ0) is 17.5. The zero-order valence-electron chi connectivity index (χ0n) is 14.5. The van der Waals surface area contributed by atoms with Crippen LogP contribution in [0.15, 0.2) is 21.9 Å². The highest BCUT2D eigenvalue weighted by atomic mass is 32.2. The van der Waals surface area contributed by atoms with Gasteiger partial charge in [-0.3, -0.25) is 4.79 Å². The number of aryl methyl sites for hydroxylation is 1. The maximum atomic E-state index is 11.1. The third-order valence-electron chi connectivity index (χ3n) is 3.91. The predicted molar refractivity (Wildman–Crippen MR) is 94.8 cm³/mol. The van der Waals surface area contributed by atoms with E-state index in [1.165, 1.54) is 11.8 Å². The lowest BCUT2D eigenvalue weighted by Gasteiger charge is -2.18. The summed E-state index contributed by atoms with van der Waals surface area (Å²) in [6.07, 6.45) is 2.63. The average molecular weight is 351 g/mol. The van der Waals surface area contributed by atoms with Crippen molar-refractivity contribution in [1.82, 2.24) is 19.7 Å². The number of amides is 1. The van der Waals surface area contributed by atoms with Crippen molar-refractivity contribution < 1.29 is 9.21 Å². The summed E-state index contributed by atoms with van der Waals surface area (Å²) in [5.41, 5.74) is 6.18. The van der Waals surface area contributed by atoms with Gasteiger partial charge in [-0.1, -0.05) is 25.6 Å². The fraction of sp³-hybridized carbons (Fsp3) is 0.562. The first kappa shape index (κ1) is 18.5. The van der Waals surface area contributed by atoms with Crippen LogP contribution in [0.5, 0.6) is 0 Å². The molecule has 0 aromatic carbocycles. The van der Waals surface area contributed by atoms with E-state index in [1.54, 1.807) is 6.26 Å². The second kappa shape index (κ2) is 8.89. The number of nitrogens with two attached hydrogens (primary N) is 1. The first-order chi connectivity index (χ1) is 11.6. The molecule has 2 heterocycles. The normalized spacial score (nSPS) is 11.3. The Balaban J connectivity index is 2.18. The average Bonchev–Trinajstić information content (AvgIpc) is 3.15. The second-order valence-corrected chi connectivity index (χ2v) is 6.43. The van der Waals surface area contributed by atoms with E-state index >= 15 is 0 Å². The first-order valence-corrected chi connectivity index (χ1v) is 9.16. The molecule has 0 aliphatic heterocycles. The van der Waals surface area contributed by atoms with Crippen LogP contribution in [0.4, 0.5) is 0 Å². The molecule has 2 rings (SSSR count). The van der Waals surface area contributed by atoms with Gasteiger partial charge in [0.1, 0.15) is 5.76 Å². The van der Waals surface area contributed by atoms with Gasteiger partial charge < -0.3 is 19.6 Å². The van der Waals surface area contributed by atoms with Crippen LogP contribution in [0.2, 0.25) is 0 Å². The highest BCUT2D eigenvalue weighted by Gasteiger charge is 2.18. The van der Waals surface area contributed by atoms with E-state index < -0.39 is 0 Å². The molecule has 0 saturated carbocycles. The lowest BCUT2D eigenvalue weighted by molar-refractivity contribution is -0.115. The molecule has 0 saturated heterocycles. The molecule has 0 fully saturated rings. The summed E-state index contributed by atoms with van der Waals surface area (Å²) in [5.74, 6) is 1.41. The predicted octanol–water partition coefficient (Wildman–Crippen LogP) is 2.16. The molecule has 0 atom stereocenters. The second-order valence-electron chi connectivity index (χ2n) is 5.48. The van der Waals surface area contributed by atoms with E-state index in [1.807, 2.05) is 13.0 Å². The van der Waals surface area contributed by atoms with Crippen molar-refractivity contribution in [3.05, 3.63) is 18.1 Å². The topological polar surface area (TPSA) is 90.2 Å². The number of carbonyl (C=O) groups is 1. The Hall–Kier alpha value is -1.80. The molecule has 0 bridgehead atoms. The lowest BCUT2D eigenvalue weighted by Crippen LogP contribution is -2.25. The molecule has 0 aliphatic rings. The largest absolute Gasteiger partial charge is 0.469 e. The van der Waals surface area contributed by atoms with Gasteiger partial charge in [-0.25, -0.2) is 0 Å². The van der Waals surface area contributed by atoms with E-state index in [-0.39, 0.29) is 11.7 Å². The zero-order valence-corrected chi connectivity index (χ0v) is 15.3. The van der Waals surface area contributed by atoms with Crippen LogP contribution < -0.4 is 5.73 Å². The van der Waals surface area contributed by atoms with Crippen LogP contribution in [0.3, 0.4) is 0 Å². The quantitative estimate of drug-likeness (QED) is 0.660. The maximum absolute atomic E-state index is 11.1. The molecule has 2 aromatic heterocycles. The number of hydrogen-bond acceptors (Lipinski definition) is 6. The highest BCUT2D eigenvalue weighted by molar-refractivity contribution is 7.99. The Bertz CT molecular complexity index is 663. The molecule has 0 unspecified atom stereocenters. The van der Waals surface area contributed by atoms with Gasteiger partial charge in [-0.15, -0.1) is 10.2 Å². The molecule has 7 nitrogen and oxygen atoms in total. The number of nitrogens with zero attached hydrogens (tertiary/aromatic N) is 4. The van der Waals surface area contributed by atoms with Crippen molar-refractivity contribution in [1.29, 1.82) is 0 Å². The first-order valence-electron chi connectivity index (χ1n) is 8.17. The molecular formula is C16H25N5O2S. The van der Waals surface area contributed by atoms with Gasteiger partial charge in [-0.05, 0) is 39.0 Å². The number of hydrogen-bond donors (Lipinski definition) is 1. The standard InChI is InChI=1S/C16H25N5O2S/c1-4-20(5-2)8-6-9-21-15(13-7-10-23-12(13)3)18-19-16(21)24-11-14(17)22/h7,10H,4-6,8-9,11H2,1-3H3,(H2,17,22). The Morgan fingerprint density at radius 3 is 2.71 bits per heavy atom. The number of carbonyl (C=O) groups excluding carboxylic acids is 1. The summed E-state index contributed by atoms with van der Waals surface area (Å²) in [6, 6.07) is 1.89. The van der Waals surface area contributed by atoms with Crippen molar-refractivity contribution in [2.45, 2.75) is 38.9 Å². The SMILES string of the molecule is CCN(CC)CCCn1c(SCC(N)=O)nnc1-c1ccoc1C. The fourth-order valence-electron chi connectivity index (χ4n) is 2.54. The van der Waals surface area contributed by atoms with E-state index in [0.717, 1.165) is 49.7 Å². The van der Waals surface area contributed by atoms with Gasteiger partial charge in [0, 0.05) is 6.54 Å². The summed E-state index contributed by atoms with van der Waals surface area (Å²) in [7, 11) is 0. The van der Waals surface area contributed by atoms with Crippen molar-refractivity contribution in [3.63, 3.8) is 0 Å². The summed E-state index contributed by atoms with van der Waals surface area (Å²) in [4.78, 5) is 13.5. The van der Waals surface area contributed by atoms with Gasteiger partial charge in [-0.2, -0.15) is 0 Å². The highest BCUT2D eigenvalue weighted by Crippen LogP contribution is 2.27. The monoisotopic (exact) mass is 351 g/mol. The van der Waals surface area contributed by atoms with E-state index in [2.05, 4.69) is 33.5 Å². The Morgan fingerprint density at radius 1 is 1.38 bits per heavy atom. The fourth-order valence-corrected chi connectivity index (χ4v) is 3.24. The minimum Gasteiger partial charge on any atom is -0.469 e. The number of aromatic nitrogens is 3. The molecule has 132 valence electrons. The minimum atomic E-state index is -0.362. The van der Waals surface area contributed by atoms with Gasteiger partial charge in [0.2, 0.25) is 5.91 Å². The molecular weight excluding hydrogens is 326 g/mol. The number of rotatable bonds is 10. The summed E-state index contributed by atoms with van der Waals surface area (Å²) >= 11 is 1.32. The van der Waals surface area contributed by atoms with Crippen molar-refractivity contribution >= 4 is 17.7 Å². The maximum Gasteiger partial charge on any atom is 0.227 e. The Morgan fingerprint density at radius 2 is 2.12 bits per heavy atom. The van der Waals surface area contributed by atoms with Crippen LogP contribution in [-0.2, 0) is 11.3 Å². The molecule has 2 aromatic rings. The van der Waals surface area contributed by atoms with Crippen molar-refractivity contribution in [2.24, 2.45) is 5.73 Å². The molecule has 8 heteroatoms. The number of thioether (sulfide) groups is 1. The van der Waals surface area contributed by atoms with Gasteiger partial charge in [0.25, 0.3) is 0 Å². The molecule has 0 radical (unpaired) electrons. The molecule has 0 aliphatic carbocycles. The number of furan rings is 1. The third-order valence-corrected chi connectivity index (χ3v) is 4.90. The smallest absolute Gasteiger partial charge is 0.227 e. The molecule has 2 N–H and O–H groups in total. The lowest BCUT2D eigenvalue weighted by atomic mass is 10.2.